The first-order chi connectivity index (χ1) is 13.0. The predicted molar refractivity (Wildman–Crippen MR) is 106 cm³/mol. The number of aromatic nitrogens is 1. The average Bonchev–Trinajstić information content (AvgIpc) is 3.09. The minimum absolute atomic E-state index is 0.107. The Morgan fingerprint density at radius 1 is 1.30 bits per heavy atom. The first-order valence-corrected chi connectivity index (χ1v) is 9.69. The van der Waals surface area contributed by atoms with Crippen LogP contribution in [0.4, 0.5) is 5.88 Å². The van der Waals surface area contributed by atoms with E-state index >= 15 is 0 Å². The number of nitrogens with zero attached hydrogens (tertiary/aromatic N) is 3. The maximum absolute atomic E-state index is 12.5. The second-order valence-electron chi connectivity index (χ2n) is 7.25. The molecule has 1 saturated heterocycles. The minimum Gasteiger partial charge on any atom is -0.378 e. The second kappa shape index (κ2) is 8.57. The van der Waals surface area contributed by atoms with Crippen LogP contribution in [0.3, 0.4) is 0 Å². The van der Waals surface area contributed by atoms with Gasteiger partial charge in [0.1, 0.15) is 5.69 Å². The maximum atomic E-state index is 12.5. The van der Waals surface area contributed by atoms with Crippen molar-refractivity contribution in [3.63, 3.8) is 0 Å². The summed E-state index contributed by atoms with van der Waals surface area (Å²) in [7, 11) is 0. The highest BCUT2D eigenvalue weighted by Crippen LogP contribution is 2.33. The Kier molecular flexibility index (Phi) is 6.16. The number of morpholine rings is 1. The Bertz CT molecular complexity index is 779. The quantitative estimate of drug-likeness (QED) is 0.776. The van der Waals surface area contributed by atoms with E-state index in [9.17, 15) is 4.79 Å². The largest absolute Gasteiger partial charge is 0.378 e. The zero-order chi connectivity index (χ0) is 19.4. The molecule has 1 aliphatic rings. The molecule has 0 saturated carbocycles. The van der Waals surface area contributed by atoms with Crippen molar-refractivity contribution in [2.45, 2.75) is 46.7 Å². The molecular formula is C21H29N3O3. The van der Waals surface area contributed by atoms with Crippen LogP contribution < -0.4 is 4.90 Å². The molecule has 0 unspecified atom stereocenters. The molecule has 6 heteroatoms. The van der Waals surface area contributed by atoms with Crippen LogP contribution in [0.1, 0.15) is 38.3 Å². The van der Waals surface area contributed by atoms with Crippen LogP contribution in [-0.4, -0.2) is 48.3 Å². The molecule has 1 aromatic carbocycles. The van der Waals surface area contributed by atoms with Gasteiger partial charge < -0.3 is 19.1 Å². The number of rotatable bonds is 6. The summed E-state index contributed by atoms with van der Waals surface area (Å²) in [6.07, 6.45) is 0.482. The fourth-order valence-electron chi connectivity index (χ4n) is 3.41. The van der Waals surface area contributed by atoms with Gasteiger partial charge in [0.05, 0.1) is 25.3 Å². The SMILES string of the molecule is CCC(=O)N(Cc1c(-c2cccc(C)c2)noc1N1CCOCC1)C(C)C. The summed E-state index contributed by atoms with van der Waals surface area (Å²) in [5.41, 5.74) is 3.97. The van der Waals surface area contributed by atoms with Crippen LogP contribution in [0.2, 0.25) is 0 Å². The van der Waals surface area contributed by atoms with Crippen molar-refractivity contribution in [2.24, 2.45) is 0 Å². The number of amides is 1. The Labute approximate surface area is 161 Å². The molecular weight excluding hydrogens is 342 g/mol. The second-order valence-corrected chi connectivity index (χ2v) is 7.25. The first-order valence-electron chi connectivity index (χ1n) is 9.69. The molecule has 146 valence electrons. The molecule has 2 heterocycles. The van der Waals surface area contributed by atoms with Crippen molar-refractivity contribution in [1.29, 1.82) is 0 Å². The molecule has 0 aliphatic carbocycles. The lowest BCUT2D eigenvalue weighted by molar-refractivity contribution is -0.133. The number of aryl methyl sites for hydroxylation is 1. The van der Waals surface area contributed by atoms with Crippen molar-refractivity contribution < 1.29 is 14.1 Å². The third-order valence-electron chi connectivity index (χ3n) is 4.93. The van der Waals surface area contributed by atoms with E-state index in [1.165, 1.54) is 5.56 Å². The molecule has 2 aromatic rings. The highest BCUT2D eigenvalue weighted by Gasteiger charge is 2.27. The molecule has 3 rings (SSSR count). The van der Waals surface area contributed by atoms with Crippen molar-refractivity contribution >= 4 is 11.8 Å². The Morgan fingerprint density at radius 3 is 2.67 bits per heavy atom. The van der Waals surface area contributed by atoms with Gasteiger partial charge in [-0.2, -0.15) is 0 Å². The molecule has 0 bridgehead atoms. The van der Waals surface area contributed by atoms with Crippen molar-refractivity contribution in [1.82, 2.24) is 10.1 Å². The summed E-state index contributed by atoms with van der Waals surface area (Å²) in [5, 5.41) is 4.40. The van der Waals surface area contributed by atoms with E-state index in [0.717, 1.165) is 35.8 Å². The molecule has 27 heavy (non-hydrogen) atoms. The predicted octanol–water partition coefficient (Wildman–Crippen LogP) is 3.63. The van der Waals surface area contributed by atoms with Crippen molar-refractivity contribution in [2.75, 3.05) is 31.2 Å². The van der Waals surface area contributed by atoms with E-state index in [1.54, 1.807) is 0 Å². The van der Waals surface area contributed by atoms with Crippen LogP contribution in [0, 0.1) is 6.92 Å². The van der Waals surface area contributed by atoms with Gasteiger partial charge in [0.25, 0.3) is 0 Å². The van der Waals surface area contributed by atoms with E-state index in [2.05, 4.69) is 29.1 Å². The number of hydrogen-bond acceptors (Lipinski definition) is 5. The molecule has 1 fully saturated rings. The molecule has 0 spiro atoms. The number of hydrogen-bond donors (Lipinski definition) is 0. The van der Waals surface area contributed by atoms with Gasteiger partial charge in [0.2, 0.25) is 11.8 Å². The van der Waals surface area contributed by atoms with Crippen LogP contribution in [0.25, 0.3) is 11.3 Å². The summed E-state index contributed by atoms with van der Waals surface area (Å²) in [5.74, 6) is 0.888. The Morgan fingerprint density at radius 2 is 2.04 bits per heavy atom. The van der Waals surface area contributed by atoms with Gasteiger partial charge in [-0.25, -0.2) is 0 Å². The van der Waals surface area contributed by atoms with Crippen molar-refractivity contribution in [3.8, 4) is 11.3 Å². The molecule has 0 N–H and O–H groups in total. The first kappa shape index (κ1) is 19.4. The van der Waals surface area contributed by atoms with Crippen LogP contribution in [0.15, 0.2) is 28.8 Å². The van der Waals surface area contributed by atoms with Gasteiger partial charge in [-0.15, -0.1) is 0 Å². The van der Waals surface area contributed by atoms with Crippen LogP contribution in [0.5, 0.6) is 0 Å². The molecule has 0 radical (unpaired) electrons. The third kappa shape index (κ3) is 4.33. The van der Waals surface area contributed by atoms with E-state index in [0.29, 0.717) is 26.2 Å². The number of carbonyl (C=O) groups is 1. The lowest BCUT2D eigenvalue weighted by atomic mass is 10.0. The lowest BCUT2D eigenvalue weighted by Crippen LogP contribution is -2.38. The molecule has 1 aliphatic heterocycles. The monoisotopic (exact) mass is 371 g/mol. The normalized spacial score (nSPS) is 14.6. The molecule has 6 nitrogen and oxygen atoms in total. The average molecular weight is 371 g/mol. The van der Waals surface area contributed by atoms with Gasteiger partial charge in [0, 0.05) is 31.1 Å². The van der Waals surface area contributed by atoms with E-state index in [-0.39, 0.29) is 11.9 Å². The molecule has 1 amide bonds. The smallest absolute Gasteiger partial charge is 0.233 e. The van der Waals surface area contributed by atoms with Gasteiger partial charge in [-0.3, -0.25) is 4.79 Å². The zero-order valence-corrected chi connectivity index (χ0v) is 16.7. The van der Waals surface area contributed by atoms with Crippen molar-refractivity contribution in [3.05, 3.63) is 35.4 Å². The molecule has 0 atom stereocenters. The number of anilines is 1. The van der Waals surface area contributed by atoms with E-state index in [1.807, 2.05) is 37.8 Å². The summed E-state index contributed by atoms with van der Waals surface area (Å²) in [6.45, 7) is 11.4. The number of ether oxygens (including phenoxy) is 1. The van der Waals surface area contributed by atoms with Gasteiger partial charge in [-0.05, 0) is 26.8 Å². The lowest BCUT2D eigenvalue weighted by Gasteiger charge is -2.30. The standard InChI is InChI=1S/C21H29N3O3/c1-5-19(25)24(15(2)3)14-18-20(17-8-6-7-16(4)13-17)22-27-21(18)23-9-11-26-12-10-23/h6-8,13,15H,5,9-12,14H2,1-4H3. The minimum atomic E-state index is 0.107. The van der Waals surface area contributed by atoms with Gasteiger partial charge in [-0.1, -0.05) is 35.8 Å². The highest BCUT2D eigenvalue weighted by atomic mass is 16.5. The van der Waals surface area contributed by atoms with Gasteiger partial charge >= 0.3 is 0 Å². The zero-order valence-electron chi connectivity index (χ0n) is 16.7. The fourth-order valence-corrected chi connectivity index (χ4v) is 3.41. The number of carbonyl (C=O) groups excluding carboxylic acids is 1. The highest BCUT2D eigenvalue weighted by molar-refractivity contribution is 5.77. The van der Waals surface area contributed by atoms with E-state index < -0.39 is 0 Å². The third-order valence-corrected chi connectivity index (χ3v) is 4.93. The topological polar surface area (TPSA) is 58.8 Å². The summed E-state index contributed by atoms with van der Waals surface area (Å²) in [4.78, 5) is 16.6. The van der Waals surface area contributed by atoms with Crippen LogP contribution in [-0.2, 0) is 16.1 Å². The maximum Gasteiger partial charge on any atom is 0.233 e. The van der Waals surface area contributed by atoms with Gasteiger partial charge in [0.15, 0.2) is 0 Å². The number of benzene rings is 1. The fraction of sp³-hybridized carbons (Fsp3) is 0.524. The summed E-state index contributed by atoms with van der Waals surface area (Å²) in [6, 6.07) is 8.34. The summed E-state index contributed by atoms with van der Waals surface area (Å²) < 4.78 is 11.3. The van der Waals surface area contributed by atoms with Crippen LogP contribution >= 0.6 is 0 Å². The molecule has 1 aromatic heterocycles. The Balaban J connectivity index is 2.03. The Hall–Kier alpha value is -2.34. The summed E-state index contributed by atoms with van der Waals surface area (Å²) >= 11 is 0. The van der Waals surface area contributed by atoms with E-state index in [4.69, 9.17) is 9.26 Å².